The Morgan fingerprint density at radius 2 is 2.00 bits per heavy atom. The van der Waals surface area contributed by atoms with Crippen LogP contribution in [-0.4, -0.2) is 23.0 Å². The monoisotopic (exact) mass is 299 g/mol. The SMILES string of the molecule is O=C(NC1C=CC(C(=O)O)C1)c1cccc(Cl)c1Cl. The molecule has 2 atom stereocenters. The molecule has 4 nitrogen and oxygen atoms in total. The second kappa shape index (κ2) is 5.63. The molecule has 0 aromatic heterocycles. The number of benzene rings is 1. The smallest absolute Gasteiger partial charge is 0.310 e. The molecule has 2 N–H and O–H groups in total. The van der Waals surface area contributed by atoms with Crippen LogP contribution in [0, 0.1) is 5.92 Å². The number of nitrogens with one attached hydrogen (secondary N) is 1. The lowest BCUT2D eigenvalue weighted by molar-refractivity contribution is -0.140. The molecule has 1 aromatic rings. The number of rotatable bonds is 3. The summed E-state index contributed by atoms with van der Waals surface area (Å²) in [5.41, 5.74) is 0.279. The van der Waals surface area contributed by atoms with E-state index in [4.69, 9.17) is 28.3 Å². The van der Waals surface area contributed by atoms with E-state index in [-0.39, 0.29) is 22.5 Å². The van der Waals surface area contributed by atoms with Gasteiger partial charge in [-0.3, -0.25) is 9.59 Å². The number of hydrogen-bond donors (Lipinski definition) is 2. The van der Waals surface area contributed by atoms with Gasteiger partial charge in [-0.15, -0.1) is 0 Å². The highest BCUT2D eigenvalue weighted by atomic mass is 35.5. The van der Waals surface area contributed by atoms with Crippen LogP contribution < -0.4 is 5.32 Å². The molecule has 1 amide bonds. The van der Waals surface area contributed by atoms with Crippen molar-refractivity contribution in [1.29, 1.82) is 0 Å². The number of halogens is 2. The van der Waals surface area contributed by atoms with Crippen molar-refractivity contribution in [2.24, 2.45) is 5.92 Å². The summed E-state index contributed by atoms with van der Waals surface area (Å²) < 4.78 is 0. The highest BCUT2D eigenvalue weighted by Crippen LogP contribution is 2.26. The number of carboxylic acid groups (broad SMARTS) is 1. The molecule has 0 radical (unpaired) electrons. The summed E-state index contributed by atoms with van der Waals surface area (Å²) in [5, 5.41) is 12.1. The van der Waals surface area contributed by atoms with Crippen molar-refractivity contribution in [2.45, 2.75) is 12.5 Å². The molecular weight excluding hydrogens is 289 g/mol. The number of aliphatic carboxylic acids is 1. The van der Waals surface area contributed by atoms with Crippen LogP contribution in [0.3, 0.4) is 0 Å². The molecule has 0 spiro atoms. The predicted octanol–water partition coefficient (Wildman–Crippen LogP) is 2.75. The predicted molar refractivity (Wildman–Crippen MR) is 72.6 cm³/mol. The third-order valence-electron chi connectivity index (χ3n) is 2.91. The van der Waals surface area contributed by atoms with E-state index < -0.39 is 11.9 Å². The Hall–Kier alpha value is -1.52. The Morgan fingerprint density at radius 3 is 2.63 bits per heavy atom. The van der Waals surface area contributed by atoms with E-state index in [1.165, 1.54) is 0 Å². The maximum Gasteiger partial charge on any atom is 0.310 e. The number of amides is 1. The average molecular weight is 300 g/mol. The van der Waals surface area contributed by atoms with Crippen LogP contribution in [0.15, 0.2) is 30.4 Å². The first-order valence-electron chi connectivity index (χ1n) is 5.65. The van der Waals surface area contributed by atoms with Crippen LogP contribution in [0.5, 0.6) is 0 Å². The van der Waals surface area contributed by atoms with Gasteiger partial charge in [0.05, 0.1) is 21.5 Å². The second-order valence-electron chi connectivity index (χ2n) is 4.25. The van der Waals surface area contributed by atoms with Crippen molar-refractivity contribution in [3.05, 3.63) is 46.0 Å². The Bertz CT molecular complexity index is 557. The Balaban J connectivity index is 2.05. The van der Waals surface area contributed by atoms with Gasteiger partial charge in [-0.1, -0.05) is 41.4 Å². The number of carbonyl (C=O) groups excluding carboxylic acids is 1. The highest BCUT2D eigenvalue weighted by Gasteiger charge is 2.26. The average Bonchev–Trinajstić information content (AvgIpc) is 2.81. The van der Waals surface area contributed by atoms with Gasteiger partial charge in [0.25, 0.3) is 5.91 Å². The minimum absolute atomic E-state index is 0.193. The van der Waals surface area contributed by atoms with Crippen LogP contribution in [0.2, 0.25) is 10.0 Å². The summed E-state index contributed by atoms with van der Waals surface area (Å²) in [4.78, 5) is 22.8. The molecule has 0 bridgehead atoms. The van der Waals surface area contributed by atoms with Crippen molar-refractivity contribution in [3.63, 3.8) is 0 Å². The van der Waals surface area contributed by atoms with E-state index in [0.717, 1.165) is 0 Å². The van der Waals surface area contributed by atoms with E-state index in [1.807, 2.05) is 0 Å². The van der Waals surface area contributed by atoms with Crippen molar-refractivity contribution < 1.29 is 14.7 Å². The molecule has 19 heavy (non-hydrogen) atoms. The number of hydrogen-bond acceptors (Lipinski definition) is 2. The molecule has 2 unspecified atom stereocenters. The zero-order valence-electron chi connectivity index (χ0n) is 9.77. The van der Waals surface area contributed by atoms with E-state index >= 15 is 0 Å². The van der Waals surface area contributed by atoms with Gasteiger partial charge in [0, 0.05) is 6.04 Å². The maximum absolute atomic E-state index is 12.0. The van der Waals surface area contributed by atoms with Crippen LogP contribution >= 0.6 is 23.2 Å². The molecule has 0 saturated carbocycles. The van der Waals surface area contributed by atoms with E-state index in [1.54, 1.807) is 30.4 Å². The van der Waals surface area contributed by atoms with Crippen LogP contribution in [0.1, 0.15) is 16.8 Å². The van der Waals surface area contributed by atoms with E-state index in [9.17, 15) is 9.59 Å². The minimum Gasteiger partial charge on any atom is -0.481 e. The highest BCUT2D eigenvalue weighted by molar-refractivity contribution is 6.43. The lowest BCUT2D eigenvalue weighted by Gasteiger charge is -2.13. The standard InChI is InChI=1S/C13H11Cl2NO3/c14-10-3-1-2-9(11(10)15)12(17)16-8-5-4-7(6-8)13(18)19/h1-5,7-8H,6H2,(H,16,17)(H,18,19). The van der Waals surface area contributed by atoms with Crippen molar-refractivity contribution in [1.82, 2.24) is 5.32 Å². The molecule has 0 aliphatic heterocycles. The first-order chi connectivity index (χ1) is 8.99. The molecule has 100 valence electrons. The zero-order valence-corrected chi connectivity index (χ0v) is 11.3. The molecule has 1 aromatic carbocycles. The van der Waals surface area contributed by atoms with Gasteiger partial charge < -0.3 is 10.4 Å². The van der Waals surface area contributed by atoms with Gasteiger partial charge >= 0.3 is 5.97 Å². The lowest BCUT2D eigenvalue weighted by atomic mass is 10.1. The van der Waals surface area contributed by atoms with E-state index in [0.29, 0.717) is 11.4 Å². The second-order valence-corrected chi connectivity index (χ2v) is 5.03. The molecule has 0 heterocycles. The van der Waals surface area contributed by atoms with E-state index in [2.05, 4.69) is 5.32 Å². The van der Waals surface area contributed by atoms with Crippen LogP contribution in [0.4, 0.5) is 0 Å². The topological polar surface area (TPSA) is 66.4 Å². The van der Waals surface area contributed by atoms with Gasteiger partial charge in [0.15, 0.2) is 0 Å². The first kappa shape index (κ1) is 13.9. The normalized spacial score (nSPS) is 21.4. The largest absolute Gasteiger partial charge is 0.481 e. The van der Waals surface area contributed by atoms with Crippen LogP contribution in [0.25, 0.3) is 0 Å². The summed E-state index contributed by atoms with van der Waals surface area (Å²) in [6.45, 7) is 0. The molecule has 0 saturated heterocycles. The van der Waals surface area contributed by atoms with Gasteiger partial charge in [-0.25, -0.2) is 0 Å². The van der Waals surface area contributed by atoms with Gasteiger partial charge in [0.1, 0.15) is 0 Å². The summed E-state index contributed by atoms with van der Waals surface area (Å²) >= 11 is 11.8. The summed E-state index contributed by atoms with van der Waals surface area (Å²) in [5.74, 6) is -1.82. The first-order valence-corrected chi connectivity index (χ1v) is 6.40. The molecule has 0 fully saturated rings. The fraction of sp³-hybridized carbons (Fsp3) is 0.231. The summed E-state index contributed by atoms with van der Waals surface area (Å²) in [6, 6.07) is 4.49. The Morgan fingerprint density at radius 1 is 1.26 bits per heavy atom. The molecule has 1 aliphatic carbocycles. The fourth-order valence-electron chi connectivity index (χ4n) is 1.91. The minimum atomic E-state index is -0.895. The third-order valence-corrected chi connectivity index (χ3v) is 3.73. The Labute approximate surface area is 120 Å². The van der Waals surface area contributed by atoms with Crippen molar-refractivity contribution in [3.8, 4) is 0 Å². The molecule has 6 heteroatoms. The van der Waals surface area contributed by atoms with Gasteiger partial charge in [-0.2, -0.15) is 0 Å². The number of carbonyl (C=O) groups is 2. The molecular formula is C13H11Cl2NO3. The third kappa shape index (κ3) is 3.08. The quantitative estimate of drug-likeness (QED) is 0.844. The summed E-state index contributed by atoms with van der Waals surface area (Å²) in [6.07, 6.45) is 3.60. The fourth-order valence-corrected chi connectivity index (χ4v) is 2.30. The van der Waals surface area contributed by atoms with Gasteiger partial charge in [-0.05, 0) is 18.6 Å². The number of carboxylic acids is 1. The van der Waals surface area contributed by atoms with Crippen LogP contribution in [-0.2, 0) is 4.79 Å². The Kier molecular flexibility index (Phi) is 4.12. The summed E-state index contributed by atoms with van der Waals surface area (Å²) in [7, 11) is 0. The zero-order chi connectivity index (χ0) is 14.0. The maximum atomic E-state index is 12.0. The molecule has 1 aliphatic rings. The molecule has 2 rings (SSSR count). The van der Waals surface area contributed by atoms with Crippen molar-refractivity contribution in [2.75, 3.05) is 0 Å². The van der Waals surface area contributed by atoms with Crippen molar-refractivity contribution >= 4 is 35.1 Å². The van der Waals surface area contributed by atoms with Gasteiger partial charge in [0.2, 0.25) is 0 Å². The lowest BCUT2D eigenvalue weighted by Crippen LogP contribution is -2.33.